The zero-order valence-electron chi connectivity index (χ0n) is 13.3. The van der Waals surface area contributed by atoms with Crippen molar-refractivity contribution in [3.63, 3.8) is 0 Å². The SMILES string of the molecule is CC(C)COCCCNC(=O)CC(N)CC(C)(C)C. The van der Waals surface area contributed by atoms with E-state index in [9.17, 15) is 4.79 Å². The van der Waals surface area contributed by atoms with Gasteiger partial charge in [-0.05, 0) is 24.2 Å². The second-order valence-electron chi connectivity index (χ2n) is 6.90. The average Bonchev–Trinajstić information content (AvgIpc) is 2.19. The highest BCUT2D eigenvalue weighted by molar-refractivity contribution is 5.76. The van der Waals surface area contributed by atoms with Gasteiger partial charge < -0.3 is 15.8 Å². The van der Waals surface area contributed by atoms with Crippen molar-refractivity contribution >= 4 is 5.91 Å². The van der Waals surface area contributed by atoms with Gasteiger partial charge in [0.25, 0.3) is 0 Å². The Morgan fingerprint density at radius 3 is 2.47 bits per heavy atom. The minimum absolute atomic E-state index is 0.0422. The third-order valence-electron chi connectivity index (χ3n) is 2.56. The molecule has 0 fully saturated rings. The van der Waals surface area contributed by atoms with Gasteiger partial charge in [-0.2, -0.15) is 0 Å². The van der Waals surface area contributed by atoms with Gasteiger partial charge in [-0.3, -0.25) is 4.79 Å². The number of hydrogen-bond acceptors (Lipinski definition) is 3. The van der Waals surface area contributed by atoms with Gasteiger partial charge in [-0.15, -0.1) is 0 Å². The molecular formula is C15H32N2O2. The van der Waals surface area contributed by atoms with Gasteiger partial charge in [0.2, 0.25) is 5.91 Å². The molecule has 1 atom stereocenters. The fourth-order valence-electron chi connectivity index (χ4n) is 1.89. The van der Waals surface area contributed by atoms with E-state index >= 15 is 0 Å². The number of nitrogens with two attached hydrogens (primary N) is 1. The summed E-state index contributed by atoms with van der Waals surface area (Å²) in [5.41, 5.74) is 6.13. The molecule has 4 heteroatoms. The minimum Gasteiger partial charge on any atom is -0.381 e. The normalized spacial score (nSPS) is 13.6. The van der Waals surface area contributed by atoms with Crippen LogP contribution in [0.3, 0.4) is 0 Å². The highest BCUT2D eigenvalue weighted by Gasteiger charge is 2.17. The molecule has 0 aromatic carbocycles. The van der Waals surface area contributed by atoms with Gasteiger partial charge in [0.05, 0.1) is 0 Å². The van der Waals surface area contributed by atoms with Crippen LogP contribution in [0.4, 0.5) is 0 Å². The van der Waals surface area contributed by atoms with Crippen LogP contribution in [0.15, 0.2) is 0 Å². The molecule has 114 valence electrons. The van der Waals surface area contributed by atoms with Crippen molar-refractivity contribution in [1.82, 2.24) is 5.32 Å². The fourth-order valence-corrected chi connectivity index (χ4v) is 1.89. The molecule has 0 aromatic heterocycles. The number of carbonyl (C=O) groups excluding carboxylic acids is 1. The number of rotatable bonds is 9. The van der Waals surface area contributed by atoms with Crippen LogP contribution < -0.4 is 11.1 Å². The maximum absolute atomic E-state index is 11.6. The van der Waals surface area contributed by atoms with Crippen LogP contribution in [0.5, 0.6) is 0 Å². The predicted octanol–water partition coefficient (Wildman–Crippen LogP) is 2.32. The van der Waals surface area contributed by atoms with E-state index in [1.165, 1.54) is 0 Å². The molecule has 1 amide bonds. The summed E-state index contributed by atoms with van der Waals surface area (Å²) in [4.78, 5) is 11.6. The molecule has 0 aromatic rings. The molecule has 1 unspecified atom stereocenters. The number of nitrogens with one attached hydrogen (secondary N) is 1. The molecule has 0 spiro atoms. The second-order valence-corrected chi connectivity index (χ2v) is 6.90. The first kappa shape index (κ1) is 18.4. The summed E-state index contributed by atoms with van der Waals surface area (Å²) in [6.45, 7) is 12.8. The van der Waals surface area contributed by atoms with Gasteiger partial charge in [-0.1, -0.05) is 34.6 Å². The van der Waals surface area contributed by atoms with Crippen molar-refractivity contribution in [3.8, 4) is 0 Å². The molecule has 3 N–H and O–H groups in total. The Morgan fingerprint density at radius 2 is 1.95 bits per heavy atom. The van der Waals surface area contributed by atoms with Crippen molar-refractivity contribution < 1.29 is 9.53 Å². The largest absolute Gasteiger partial charge is 0.381 e. The van der Waals surface area contributed by atoms with E-state index in [0.717, 1.165) is 19.4 Å². The van der Waals surface area contributed by atoms with Gasteiger partial charge in [0, 0.05) is 32.2 Å². The Hall–Kier alpha value is -0.610. The highest BCUT2D eigenvalue weighted by atomic mass is 16.5. The molecular weight excluding hydrogens is 240 g/mol. The van der Waals surface area contributed by atoms with E-state index in [0.29, 0.717) is 25.5 Å². The lowest BCUT2D eigenvalue weighted by atomic mass is 9.87. The summed E-state index contributed by atoms with van der Waals surface area (Å²) in [5, 5.41) is 2.89. The van der Waals surface area contributed by atoms with Crippen molar-refractivity contribution in [2.75, 3.05) is 19.8 Å². The molecule has 0 radical (unpaired) electrons. The quantitative estimate of drug-likeness (QED) is 0.633. The zero-order valence-corrected chi connectivity index (χ0v) is 13.3. The predicted molar refractivity (Wildman–Crippen MR) is 79.9 cm³/mol. The van der Waals surface area contributed by atoms with Gasteiger partial charge in [-0.25, -0.2) is 0 Å². The van der Waals surface area contributed by atoms with E-state index in [4.69, 9.17) is 10.5 Å². The van der Waals surface area contributed by atoms with Gasteiger partial charge in [0.15, 0.2) is 0 Å². The van der Waals surface area contributed by atoms with E-state index in [1.807, 2.05) is 0 Å². The summed E-state index contributed by atoms with van der Waals surface area (Å²) in [7, 11) is 0. The van der Waals surface area contributed by atoms with Crippen LogP contribution in [0.1, 0.15) is 53.9 Å². The van der Waals surface area contributed by atoms with E-state index in [2.05, 4.69) is 39.9 Å². The first-order valence-electron chi connectivity index (χ1n) is 7.30. The number of carbonyl (C=O) groups is 1. The minimum atomic E-state index is -0.0582. The highest BCUT2D eigenvalue weighted by Crippen LogP contribution is 2.20. The van der Waals surface area contributed by atoms with Crippen LogP contribution in [-0.2, 0) is 9.53 Å². The maximum atomic E-state index is 11.6. The summed E-state index contributed by atoms with van der Waals surface area (Å²) in [6.07, 6.45) is 2.12. The van der Waals surface area contributed by atoms with Gasteiger partial charge in [0.1, 0.15) is 0 Å². The van der Waals surface area contributed by atoms with Crippen LogP contribution in [0.25, 0.3) is 0 Å². The number of amides is 1. The molecule has 0 heterocycles. The Bertz CT molecular complexity index is 247. The van der Waals surface area contributed by atoms with Crippen molar-refractivity contribution in [1.29, 1.82) is 0 Å². The summed E-state index contributed by atoms with van der Waals surface area (Å²) in [6, 6.07) is -0.0582. The van der Waals surface area contributed by atoms with Crippen molar-refractivity contribution in [3.05, 3.63) is 0 Å². The lowest BCUT2D eigenvalue weighted by molar-refractivity contribution is -0.121. The molecule has 0 rings (SSSR count). The summed E-state index contributed by atoms with van der Waals surface area (Å²) in [5.74, 6) is 0.602. The fraction of sp³-hybridized carbons (Fsp3) is 0.933. The number of hydrogen-bond donors (Lipinski definition) is 2. The third-order valence-corrected chi connectivity index (χ3v) is 2.56. The Kier molecular flexibility index (Phi) is 9.02. The Labute approximate surface area is 118 Å². The molecule has 0 aliphatic carbocycles. The smallest absolute Gasteiger partial charge is 0.221 e. The molecule has 4 nitrogen and oxygen atoms in total. The van der Waals surface area contributed by atoms with Gasteiger partial charge >= 0.3 is 0 Å². The van der Waals surface area contributed by atoms with E-state index in [1.54, 1.807) is 0 Å². The molecule has 0 saturated carbocycles. The first-order chi connectivity index (χ1) is 8.70. The molecule has 19 heavy (non-hydrogen) atoms. The molecule has 0 aliphatic heterocycles. The third kappa shape index (κ3) is 13.6. The van der Waals surface area contributed by atoms with Crippen molar-refractivity contribution in [2.45, 2.75) is 59.9 Å². The maximum Gasteiger partial charge on any atom is 0.221 e. The van der Waals surface area contributed by atoms with Crippen LogP contribution >= 0.6 is 0 Å². The Morgan fingerprint density at radius 1 is 1.32 bits per heavy atom. The van der Waals surface area contributed by atoms with Crippen molar-refractivity contribution in [2.24, 2.45) is 17.1 Å². The zero-order chi connectivity index (χ0) is 14.9. The lowest BCUT2D eigenvalue weighted by Crippen LogP contribution is -2.34. The average molecular weight is 272 g/mol. The topological polar surface area (TPSA) is 64.3 Å². The molecule has 0 aliphatic rings. The van der Waals surface area contributed by atoms with Crippen LogP contribution in [0.2, 0.25) is 0 Å². The standard InChI is InChI=1S/C15H32N2O2/c1-12(2)11-19-8-6-7-17-14(18)9-13(16)10-15(3,4)5/h12-13H,6-11,16H2,1-5H3,(H,17,18). The first-order valence-corrected chi connectivity index (χ1v) is 7.30. The molecule has 0 bridgehead atoms. The van der Waals surface area contributed by atoms with E-state index in [-0.39, 0.29) is 17.4 Å². The lowest BCUT2D eigenvalue weighted by Gasteiger charge is -2.22. The monoisotopic (exact) mass is 272 g/mol. The van der Waals surface area contributed by atoms with E-state index < -0.39 is 0 Å². The summed E-state index contributed by atoms with van der Waals surface area (Å²) >= 11 is 0. The summed E-state index contributed by atoms with van der Waals surface area (Å²) < 4.78 is 5.45. The van der Waals surface area contributed by atoms with Crippen LogP contribution in [-0.4, -0.2) is 31.7 Å². The second kappa shape index (κ2) is 9.32. The Balaban J connectivity index is 3.54. The van der Waals surface area contributed by atoms with Crippen LogP contribution in [0, 0.1) is 11.3 Å². The molecule has 0 saturated heterocycles. The number of ether oxygens (including phenoxy) is 1.